The van der Waals surface area contributed by atoms with Gasteiger partial charge in [-0.3, -0.25) is 0 Å². The Morgan fingerprint density at radius 1 is 1.15 bits per heavy atom. The maximum absolute atomic E-state index is 12.8. The molecule has 0 atom stereocenters. The van der Waals surface area contributed by atoms with Crippen molar-refractivity contribution >= 4 is 0 Å². The van der Waals surface area contributed by atoms with E-state index in [4.69, 9.17) is 0 Å². The fourth-order valence-electron chi connectivity index (χ4n) is 0.990. The van der Waals surface area contributed by atoms with Gasteiger partial charge in [0.05, 0.1) is 5.56 Å². The number of benzene rings is 1. The second-order valence-corrected chi connectivity index (χ2v) is 2.52. The molecule has 0 heterocycles. The highest BCUT2D eigenvalue weighted by atomic mass is 19.3. The van der Waals surface area contributed by atoms with Gasteiger partial charge in [-0.2, -0.15) is 0 Å². The van der Waals surface area contributed by atoms with Gasteiger partial charge in [-0.1, -0.05) is 0 Å². The lowest BCUT2D eigenvalue weighted by atomic mass is 10.1. The summed E-state index contributed by atoms with van der Waals surface area (Å²) >= 11 is 0. The monoisotopic (exact) mass is 191 g/mol. The molecule has 1 aromatic rings. The third kappa shape index (κ3) is 1.99. The second-order valence-electron chi connectivity index (χ2n) is 2.52. The van der Waals surface area contributed by atoms with E-state index < -0.39 is 23.6 Å². The van der Waals surface area contributed by atoms with Crippen LogP contribution in [0.2, 0.25) is 0 Å². The van der Waals surface area contributed by atoms with Crippen molar-refractivity contribution in [1.29, 1.82) is 0 Å². The van der Waals surface area contributed by atoms with Crippen LogP contribution in [0.4, 0.5) is 17.6 Å². The zero-order valence-corrected chi connectivity index (χ0v) is 6.66. The summed E-state index contributed by atoms with van der Waals surface area (Å²) < 4.78 is 49.7. The summed E-state index contributed by atoms with van der Waals surface area (Å²) in [7, 11) is 0. The summed E-state index contributed by atoms with van der Waals surface area (Å²) in [5.74, 6) is -2.43. The standard InChI is InChI=1S/C9H7F4/c1-2-5-3-6(10)8(9(12)13)7(11)4-5/h3-4,9H,1-2H2. The fraction of sp³-hybridized carbons (Fsp3) is 0.222. The zero-order chi connectivity index (χ0) is 10.0. The van der Waals surface area contributed by atoms with E-state index in [-0.39, 0.29) is 12.0 Å². The molecule has 0 nitrogen and oxygen atoms in total. The van der Waals surface area contributed by atoms with Gasteiger partial charge in [0.1, 0.15) is 11.6 Å². The van der Waals surface area contributed by atoms with Gasteiger partial charge in [-0.15, -0.1) is 0 Å². The van der Waals surface area contributed by atoms with Gasteiger partial charge in [0.25, 0.3) is 6.43 Å². The molecule has 0 aliphatic rings. The lowest BCUT2D eigenvalue weighted by Crippen LogP contribution is -1.98. The van der Waals surface area contributed by atoms with Crippen LogP contribution in [0, 0.1) is 18.6 Å². The van der Waals surface area contributed by atoms with Crippen molar-refractivity contribution in [2.24, 2.45) is 0 Å². The maximum atomic E-state index is 12.8. The first-order chi connectivity index (χ1) is 6.06. The van der Waals surface area contributed by atoms with E-state index >= 15 is 0 Å². The molecule has 71 valence electrons. The molecule has 1 aromatic carbocycles. The van der Waals surface area contributed by atoms with Crippen molar-refractivity contribution < 1.29 is 17.6 Å². The molecule has 0 aliphatic heterocycles. The SMILES string of the molecule is [CH2]Cc1cc(F)c(C(F)F)c(F)c1. The van der Waals surface area contributed by atoms with Crippen LogP contribution in [0.15, 0.2) is 12.1 Å². The maximum Gasteiger partial charge on any atom is 0.269 e. The highest BCUT2D eigenvalue weighted by Crippen LogP contribution is 2.26. The summed E-state index contributed by atoms with van der Waals surface area (Å²) in [5, 5.41) is 0. The second kappa shape index (κ2) is 3.77. The van der Waals surface area contributed by atoms with Crippen LogP contribution in [-0.2, 0) is 6.42 Å². The van der Waals surface area contributed by atoms with Gasteiger partial charge in [0.2, 0.25) is 0 Å². The molecule has 0 bridgehead atoms. The van der Waals surface area contributed by atoms with E-state index in [2.05, 4.69) is 6.92 Å². The zero-order valence-electron chi connectivity index (χ0n) is 6.66. The molecule has 13 heavy (non-hydrogen) atoms. The van der Waals surface area contributed by atoms with E-state index in [1.165, 1.54) is 0 Å². The lowest BCUT2D eigenvalue weighted by molar-refractivity contribution is 0.141. The van der Waals surface area contributed by atoms with Crippen LogP contribution in [0.3, 0.4) is 0 Å². The molecular formula is C9H7F4. The summed E-state index contributed by atoms with van der Waals surface area (Å²) in [6.07, 6.45) is -2.96. The smallest absolute Gasteiger partial charge is 0.206 e. The largest absolute Gasteiger partial charge is 0.269 e. The van der Waals surface area contributed by atoms with Gasteiger partial charge in [-0.25, -0.2) is 17.6 Å². The van der Waals surface area contributed by atoms with Gasteiger partial charge < -0.3 is 0 Å². The Balaban J connectivity index is 3.23. The lowest BCUT2D eigenvalue weighted by Gasteiger charge is -2.05. The number of alkyl halides is 2. The summed E-state index contributed by atoms with van der Waals surface area (Å²) in [5.41, 5.74) is -0.906. The summed E-state index contributed by atoms with van der Waals surface area (Å²) in [4.78, 5) is 0. The summed E-state index contributed by atoms with van der Waals surface area (Å²) in [6, 6.07) is 1.75. The van der Waals surface area contributed by atoms with E-state index in [9.17, 15) is 17.6 Å². The Morgan fingerprint density at radius 3 is 1.92 bits per heavy atom. The highest BCUT2D eigenvalue weighted by molar-refractivity contribution is 5.27. The third-order valence-corrected chi connectivity index (χ3v) is 1.65. The van der Waals surface area contributed by atoms with Crippen LogP contribution in [0.1, 0.15) is 17.6 Å². The molecule has 0 unspecified atom stereocenters. The molecule has 0 aromatic heterocycles. The van der Waals surface area contributed by atoms with Crippen molar-refractivity contribution in [3.63, 3.8) is 0 Å². The van der Waals surface area contributed by atoms with Gasteiger partial charge in [0, 0.05) is 0 Å². The molecule has 1 radical (unpaired) electrons. The van der Waals surface area contributed by atoms with E-state index in [0.717, 1.165) is 12.1 Å². The van der Waals surface area contributed by atoms with Gasteiger partial charge >= 0.3 is 0 Å². The molecule has 0 saturated heterocycles. The highest BCUT2D eigenvalue weighted by Gasteiger charge is 2.19. The number of rotatable bonds is 2. The van der Waals surface area contributed by atoms with E-state index in [1.807, 2.05) is 0 Å². The van der Waals surface area contributed by atoms with Gasteiger partial charge in [0.15, 0.2) is 0 Å². The molecular weight excluding hydrogens is 184 g/mol. The quantitative estimate of drug-likeness (QED) is 0.629. The predicted octanol–water partition coefficient (Wildman–Crippen LogP) is 3.28. The van der Waals surface area contributed by atoms with Crippen LogP contribution in [0.5, 0.6) is 0 Å². The fourth-order valence-corrected chi connectivity index (χ4v) is 0.990. The predicted molar refractivity (Wildman–Crippen MR) is 40.4 cm³/mol. The molecule has 4 heteroatoms. The molecule has 0 saturated carbocycles. The van der Waals surface area contributed by atoms with Crippen molar-refractivity contribution in [2.75, 3.05) is 0 Å². The Labute approximate surface area is 73.2 Å². The first kappa shape index (κ1) is 10.0. The van der Waals surface area contributed by atoms with Crippen LogP contribution >= 0.6 is 0 Å². The minimum absolute atomic E-state index is 0.164. The molecule has 0 N–H and O–H groups in total. The first-order valence-corrected chi connectivity index (χ1v) is 3.61. The molecule has 0 amide bonds. The Morgan fingerprint density at radius 2 is 1.62 bits per heavy atom. The topological polar surface area (TPSA) is 0 Å². The molecule has 1 rings (SSSR count). The number of hydrogen-bond acceptors (Lipinski definition) is 0. The van der Waals surface area contributed by atoms with Crippen LogP contribution in [-0.4, -0.2) is 0 Å². The van der Waals surface area contributed by atoms with Crippen molar-refractivity contribution in [3.8, 4) is 0 Å². The van der Waals surface area contributed by atoms with Crippen molar-refractivity contribution in [2.45, 2.75) is 12.8 Å². The Bertz CT molecular complexity index is 283. The van der Waals surface area contributed by atoms with Crippen LogP contribution < -0.4 is 0 Å². The average Bonchev–Trinajstić information content (AvgIpc) is 2.02. The summed E-state index contributed by atoms with van der Waals surface area (Å²) in [6.45, 7) is 3.39. The normalized spacial score (nSPS) is 10.9. The van der Waals surface area contributed by atoms with Crippen molar-refractivity contribution in [3.05, 3.63) is 41.8 Å². The first-order valence-electron chi connectivity index (χ1n) is 3.61. The average molecular weight is 191 g/mol. The van der Waals surface area contributed by atoms with Gasteiger partial charge in [-0.05, 0) is 31.0 Å². The van der Waals surface area contributed by atoms with E-state index in [0.29, 0.717) is 0 Å². The molecule has 0 fully saturated rings. The molecule has 0 aliphatic carbocycles. The van der Waals surface area contributed by atoms with Crippen molar-refractivity contribution in [1.82, 2.24) is 0 Å². The third-order valence-electron chi connectivity index (χ3n) is 1.65. The minimum atomic E-state index is -3.13. The van der Waals surface area contributed by atoms with E-state index in [1.54, 1.807) is 0 Å². The number of hydrogen-bond donors (Lipinski definition) is 0. The number of halogens is 4. The van der Waals surface area contributed by atoms with Crippen LogP contribution in [0.25, 0.3) is 0 Å². The Hall–Kier alpha value is -1.06. The molecule has 0 spiro atoms. The Kier molecular flexibility index (Phi) is 2.90. The minimum Gasteiger partial charge on any atom is -0.206 e.